The van der Waals surface area contributed by atoms with E-state index < -0.39 is 18.5 Å². The van der Waals surface area contributed by atoms with Gasteiger partial charge < -0.3 is 4.74 Å². The third kappa shape index (κ3) is 9.37. The van der Waals surface area contributed by atoms with E-state index in [1.807, 2.05) is 6.92 Å². The van der Waals surface area contributed by atoms with E-state index in [0.717, 1.165) is 12.8 Å². The van der Waals surface area contributed by atoms with E-state index in [2.05, 4.69) is 0 Å². The molecule has 138 valence electrons. The fraction of sp³-hybridized carbons (Fsp3) is 0.933. The zero-order valence-corrected chi connectivity index (χ0v) is 14.4. The average Bonchev–Trinajstić information content (AvgIpc) is 2.44. The molecule has 0 aromatic carbocycles. The van der Waals surface area contributed by atoms with Gasteiger partial charge in [0.2, 0.25) is 0 Å². The largest absolute Gasteiger partial charge is 0.465 e. The Hall–Kier alpha value is -0.530. The highest BCUT2D eigenvalue weighted by molar-refractivity contribution is 8.00. The Balaban J connectivity index is 4.00. The van der Waals surface area contributed by atoms with Gasteiger partial charge in [-0.25, -0.2) is 0 Å². The van der Waals surface area contributed by atoms with Gasteiger partial charge in [-0.15, -0.1) is 11.8 Å². The van der Waals surface area contributed by atoms with Crippen LogP contribution in [0, 0.1) is 0 Å². The smallest absolute Gasteiger partial charge is 0.453 e. The summed E-state index contributed by atoms with van der Waals surface area (Å²) < 4.78 is 66.4. The lowest BCUT2D eigenvalue weighted by molar-refractivity contribution is -0.284. The number of esters is 1. The van der Waals surface area contributed by atoms with Crippen LogP contribution in [0.5, 0.6) is 0 Å². The van der Waals surface area contributed by atoms with E-state index in [1.54, 1.807) is 6.92 Å². The molecule has 0 saturated carbocycles. The van der Waals surface area contributed by atoms with E-state index in [9.17, 15) is 26.7 Å². The summed E-state index contributed by atoms with van der Waals surface area (Å²) in [7, 11) is 0. The number of carbonyl (C=O) groups excluding carboxylic acids is 1. The molecule has 0 heterocycles. The van der Waals surface area contributed by atoms with Crippen molar-refractivity contribution >= 4 is 17.7 Å². The molecule has 23 heavy (non-hydrogen) atoms. The van der Waals surface area contributed by atoms with Gasteiger partial charge in [0.15, 0.2) is 0 Å². The molecule has 0 N–H and O–H groups in total. The number of thioether (sulfide) groups is 1. The molecule has 0 bridgehead atoms. The van der Waals surface area contributed by atoms with Gasteiger partial charge in [0.25, 0.3) is 0 Å². The van der Waals surface area contributed by atoms with Crippen molar-refractivity contribution < 1.29 is 31.5 Å². The molecule has 0 radical (unpaired) electrons. The molecule has 2 nitrogen and oxygen atoms in total. The van der Waals surface area contributed by atoms with Crippen LogP contribution in [0.4, 0.5) is 22.0 Å². The molecule has 0 aliphatic carbocycles. The van der Waals surface area contributed by atoms with Gasteiger partial charge in [0.05, 0.1) is 6.61 Å². The fourth-order valence-electron chi connectivity index (χ4n) is 1.89. The van der Waals surface area contributed by atoms with E-state index in [0.29, 0.717) is 25.2 Å². The van der Waals surface area contributed by atoms with Gasteiger partial charge in [-0.1, -0.05) is 26.2 Å². The standard InChI is InChI=1S/C15H25F5O2S/c1-3-5-9-12(13(21)22-4-2)23-11-8-6-7-10-14(16,17)15(18,19)20/h12H,3-11H2,1-2H3. The summed E-state index contributed by atoms with van der Waals surface area (Å²) in [6.07, 6.45) is -3.55. The van der Waals surface area contributed by atoms with Crippen LogP contribution in [-0.4, -0.2) is 35.7 Å². The molecule has 0 aliphatic rings. The number of halogens is 5. The Bertz CT molecular complexity index is 334. The van der Waals surface area contributed by atoms with Gasteiger partial charge in [0.1, 0.15) is 5.25 Å². The topological polar surface area (TPSA) is 26.3 Å². The lowest BCUT2D eigenvalue weighted by atomic mass is 10.1. The second-order valence-corrected chi connectivity index (χ2v) is 6.58. The van der Waals surface area contributed by atoms with Crippen molar-refractivity contribution in [2.24, 2.45) is 0 Å². The monoisotopic (exact) mass is 364 g/mol. The van der Waals surface area contributed by atoms with E-state index in [1.165, 1.54) is 11.8 Å². The molecule has 0 amide bonds. The molecular formula is C15H25F5O2S. The maximum atomic E-state index is 12.7. The normalized spacial score (nSPS) is 13.9. The molecule has 0 aromatic rings. The van der Waals surface area contributed by atoms with E-state index >= 15 is 0 Å². The SMILES string of the molecule is CCCCC(SCCCCCC(F)(F)C(F)(F)F)C(=O)OCC. The quantitative estimate of drug-likeness (QED) is 0.256. The predicted molar refractivity (Wildman–Crippen MR) is 81.9 cm³/mol. The summed E-state index contributed by atoms with van der Waals surface area (Å²) >= 11 is 1.39. The highest BCUT2D eigenvalue weighted by Gasteiger charge is 2.56. The summed E-state index contributed by atoms with van der Waals surface area (Å²) in [5, 5.41) is -0.286. The van der Waals surface area contributed by atoms with Crippen molar-refractivity contribution in [3.05, 3.63) is 0 Å². The third-order valence-corrected chi connectivity index (χ3v) is 4.59. The molecule has 0 aromatic heterocycles. The highest BCUT2D eigenvalue weighted by atomic mass is 32.2. The maximum Gasteiger partial charge on any atom is 0.453 e. The summed E-state index contributed by atoms with van der Waals surface area (Å²) in [5.74, 6) is -4.35. The molecule has 8 heteroatoms. The van der Waals surface area contributed by atoms with E-state index in [-0.39, 0.29) is 24.1 Å². The van der Waals surface area contributed by atoms with Crippen LogP contribution in [0.3, 0.4) is 0 Å². The van der Waals surface area contributed by atoms with Gasteiger partial charge in [-0.05, 0) is 31.9 Å². The number of hydrogen-bond acceptors (Lipinski definition) is 3. The Morgan fingerprint density at radius 1 is 1.04 bits per heavy atom. The Morgan fingerprint density at radius 2 is 1.70 bits per heavy atom. The van der Waals surface area contributed by atoms with Gasteiger partial charge in [-0.2, -0.15) is 22.0 Å². The van der Waals surface area contributed by atoms with Gasteiger partial charge in [-0.3, -0.25) is 4.79 Å². The molecule has 0 rings (SSSR count). The van der Waals surface area contributed by atoms with E-state index in [4.69, 9.17) is 4.74 Å². The summed E-state index contributed by atoms with van der Waals surface area (Å²) in [6, 6.07) is 0. The van der Waals surface area contributed by atoms with Crippen LogP contribution in [0.25, 0.3) is 0 Å². The average molecular weight is 364 g/mol. The fourth-order valence-corrected chi connectivity index (χ4v) is 3.08. The molecule has 0 saturated heterocycles. The first-order valence-corrected chi connectivity index (χ1v) is 8.93. The van der Waals surface area contributed by atoms with Crippen LogP contribution in [0.15, 0.2) is 0 Å². The third-order valence-electron chi connectivity index (χ3n) is 3.24. The molecule has 0 spiro atoms. The second-order valence-electron chi connectivity index (χ2n) is 5.27. The van der Waals surface area contributed by atoms with Crippen LogP contribution in [0.2, 0.25) is 0 Å². The van der Waals surface area contributed by atoms with Crippen molar-refractivity contribution in [3.63, 3.8) is 0 Å². The van der Waals surface area contributed by atoms with Crippen molar-refractivity contribution in [2.75, 3.05) is 12.4 Å². The van der Waals surface area contributed by atoms with Crippen molar-refractivity contribution in [3.8, 4) is 0 Å². The van der Waals surface area contributed by atoms with Crippen LogP contribution in [-0.2, 0) is 9.53 Å². The number of hydrogen-bond donors (Lipinski definition) is 0. The summed E-state index contributed by atoms with van der Waals surface area (Å²) in [5.41, 5.74) is 0. The molecule has 1 atom stereocenters. The number of ether oxygens (including phenoxy) is 1. The highest BCUT2D eigenvalue weighted by Crippen LogP contribution is 2.39. The minimum absolute atomic E-state index is 0.188. The second kappa shape index (κ2) is 11.1. The Kier molecular flexibility index (Phi) is 10.8. The number of alkyl halides is 5. The first kappa shape index (κ1) is 22.5. The number of unbranched alkanes of at least 4 members (excludes halogenated alkanes) is 3. The lowest BCUT2D eigenvalue weighted by Crippen LogP contribution is -2.36. The lowest BCUT2D eigenvalue weighted by Gasteiger charge is -2.19. The van der Waals surface area contributed by atoms with Crippen LogP contribution >= 0.6 is 11.8 Å². The minimum atomic E-state index is -5.48. The van der Waals surface area contributed by atoms with Gasteiger partial charge >= 0.3 is 18.1 Å². The maximum absolute atomic E-state index is 12.7. The minimum Gasteiger partial charge on any atom is -0.465 e. The Morgan fingerprint density at radius 3 is 2.22 bits per heavy atom. The first-order valence-electron chi connectivity index (χ1n) is 7.88. The Labute approximate surface area is 138 Å². The summed E-state index contributed by atoms with van der Waals surface area (Å²) in [4.78, 5) is 11.7. The molecular weight excluding hydrogens is 339 g/mol. The zero-order chi connectivity index (χ0) is 17.9. The number of carbonyl (C=O) groups is 1. The van der Waals surface area contributed by atoms with Crippen molar-refractivity contribution in [1.29, 1.82) is 0 Å². The zero-order valence-electron chi connectivity index (χ0n) is 13.6. The summed E-state index contributed by atoms with van der Waals surface area (Å²) in [6.45, 7) is 4.03. The van der Waals surface area contributed by atoms with Crippen molar-refractivity contribution in [2.45, 2.75) is 76.1 Å². The first-order chi connectivity index (χ1) is 10.7. The molecule has 0 fully saturated rings. The van der Waals surface area contributed by atoms with Gasteiger partial charge in [0, 0.05) is 6.42 Å². The predicted octanol–water partition coefficient (Wildman–Crippen LogP) is 5.60. The molecule has 0 aliphatic heterocycles. The number of rotatable bonds is 12. The van der Waals surface area contributed by atoms with Crippen molar-refractivity contribution in [1.82, 2.24) is 0 Å². The molecule has 1 unspecified atom stereocenters. The van der Waals surface area contributed by atoms with Crippen LogP contribution < -0.4 is 0 Å². The van der Waals surface area contributed by atoms with Crippen LogP contribution in [0.1, 0.15) is 58.8 Å².